The van der Waals surface area contributed by atoms with Crippen molar-refractivity contribution in [3.8, 4) is 11.5 Å². The Hall–Kier alpha value is -2.54. The third-order valence-electron chi connectivity index (χ3n) is 4.99. The summed E-state index contributed by atoms with van der Waals surface area (Å²) in [6, 6.07) is 10.5. The van der Waals surface area contributed by atoms with E-state index in [0.717, 1.165) is 35.1 Å². The molecule has 0 spiro atoms. The van der Waals surface area contributed by atoms with Gasteiger partial charge in [-0.25, -0.2) is 4.98 Å². The number of nitrogens with one attached hydrogen (secondary N) is 2. The maximum Gasteiger partial charge on any atom is 0.231 e. The van der Waals surface area contributed by atoms with Crippen LogP contribution in [-0.2, 0) is 6.54 Å². The SMILES string of the molecule is C[C@@H]1CCCCN1c1ccc(NC(=S)NCc2ccc3c(c2)OCO3)cn1. The van der Waals surface area contributed by atoms with E-state index in [1.807, 2.05) is 30.5 Å². The molecule has 4 rings (SSSR count). The van der Waals surface area contributed by atoms with Crippen molar-refractivity contribution < 1.29 is 9.47 Å². The van der Waals surface area contributed by atoms with Gasteiger partial charge in [-0.15, -0.1) is 0 Å². The first-order chi connectivity index (χ1) is 13.2. The lowest BCUT2D eigenvalue weighted by atomic mass is 10.0. The van der Waals surface area contributed by atoms with Crippen molar-refractivity contribution in [2.45, 2.75) is 38.8 Å². The van der Waals surface area contributed by atoms with Gasteiger partial charge in [0.1, 0.15) is 5.82 Å². The highest BCUT2D eigenvalue weighted by molar-refractivity contribution is 7.80. The molecule has 6 nitrogen and oxygen atoms in total. The summed E-state index contributed by atoms with van der Waals surface area (Å²) < 4.78 is 10.7. The second-order valence-corrected chi connectivity index (χ2v) is 7.35. The van der Waals surface area contributed by atoms with E-state index in [0.29, 0.717) is 17.7 Å². The van der Waals surface area contributed by atoms with Crippen LogP contribution < -0.4 is 25.0 Å². The van der Waals surface area contributed by atoms with Crippen molar-refractivity contribution in [2.24, 2.45) is 0 Å². The lowest BCUT2D eigenvalue weighted by Gasteiger charge is -2.34. The lowest BCUT2D eigenvalue weighted by Crippen LogP contribution is -2.37. The number of fused-ring (bicyclic) bond motifs is 1. The number of benzene rings is 1. The Kier molecular flexibility index (Phi) is 5.29. The van der Waals surface area contributed by atoms with Gasteiger partial charge in [0.2, 0.25) is 6.79 Å². The van der Waals surface area contributed by atoms with Gasteiger partial charge in [0.25, 0.3) is 0 Å². The summed E-state index contributed by atoms with van der Waals surface area (Å²) in [7, 11) is 0. The molecule has 3 heterocycles. The van der Waals surface area contributed by atoms with Crippen LogP contribution in [0.5, 0.6) is 11.5 Å². The second-order valence-electron chi connectivity index (χ2n) is 6.94. The summed E-state index contributed by atoms with van der Waals surface area (Å²) in [6.45, 7) is 4.24. The summed E-state index contributed by atoms with van der Waals surface area (Å²) in [5, 5.41) is 6.96. The van der Waals surface area contributed by atoms with Crippen molar-refractivity contribution in [3.05, 3.63) is 42.1 Å². The number of thiocarbonyl (C=S) groups is 1. The fourth-order valence-electron chi connectivity index (χ4n) is 3.48. The molecule has 2 aliphatic rings. The van der Waals surface area contributed by atoms with Crippen LogP contribution >= 0.6 is 12.2 Å². The van der Waals surface area contributed by atoms with E-state index in [-0.39, 0.29) is 6.79 Å². The summed E-state index contributed by atoms with van der Waals surface area (Å²) in [5.74, 6) is 2.60. The second kappa shape index (κ2) is 8.00. The monoisotopic (exact) mass is 384 g/mol. The predicted octanol–water partition coefficient (Wildman–Crippen LogP) is 3.68. The van der Waals surface area contributed by atoms with Gasteiger partial charge in [-0.05, 0) is 68.2 Å². The van der Waals surface area contributed by atoms with Crippen LogP contribution in [0.15, 0.2) is 36.5 Å². The molecular weight excluding hydrogens is 360 g/mol. The molecule has 1 fully saturated rings. The average Bonchev–Trinajstić information content (AvgIpc) is 3.15. The highest BCUT2D eigenvalue weighted by Crippen LogP contribution is 2.32. The number of hydrogen-bond acceptors (Lipinski definition) is 5. The van der Waals surface area contributed by atoms with E-state index in [4.69, 9.17) is 21.7 Å². The summed E-state index contributed by atoms with van der Waals surface area (Å²) in [5.41, 5.74) is 1.96. The first-order valence-electron chi connectivity index (χ1n) is 9.35. The zero-order chi connectivity index (χ0) is 18.6. The zero-order valence-electron chi connectivity index (χ0n) is 15.4. The van der Waals surface area contributed by atoms with Gasteiger partial charge in [0.15, 0.2) is 16.6 Å². The Morgan fingerprint density at radius 2 is 2.11 bits per heavy atom. The van der Waals surface area contributed by atoms with Gasteiger partial charge < -0.3 is 25.0 Å². The molecule has 0 radical (unpaired) electrons. The maximum atomic E-state index is 5.40. The highest BCUT2D eigenvalue weighted by Gasteiger charge is 2.19. The molecule has 2 N–H and O–H groups in total. The molecule has 1 aromatic heterocycles. The minimum absolute atomic E-state index is 0.283. The Morgan fingerprint density at radius 3 is 2.93 bits per heavy atom. The number of piperidine rings is 1. The van der Waals surface area contributed by atoms with Gasteiger partial charge >= 0.3 is 0 Å². The molecule has 2 aromatic rings. The largest absolute Gasteiger partial charge is 0.454 e. The van der Waals surface area contributed by atoms with Crippen LogP contribution in [0, 0.1) is 0 Å². The van der Waals surface area contributed by atoms with Crippen LogP contribution in [0.1, 0.15) is 31.7 Å². The van der Waals surface area contributed by atoms with E-state index < -0.39 is 0 Å². The average molecular weight is 385 g/mol. The number of ether oxygens (including phenoxy) is 2. The summed E-state index contributed by atoms with van der Waals surface area (Å²) in [4.78, 5) is 6.99. The van der Waals surface area contributed by atoms with Crippen molar-refractivity contribution in [2.75, 3.05) is 23.6 Å². The van der Waals surface area contributed by atoms with Gasteiger partial charge in [-0.3, -0.25) is 0 Å². The fourth-order valence-corrected chi connectivity index (χ4v) is 3.67. The Bertz CT molecular complexity index is 812. The topological polar surface area (TPSA) is 58.7 Å². The molecule has 0 unspecified atom stereocenters. The smallest absolute Gasteiger partial charge is 0.231 e. The quantitative estimate of drug-likeness (QED) is 0.780. The molecule has 142 valence electrons. The van der Waals surface area contributed by atoms with Crippen LogP contribution in [0.25, 0.3) is 0 Å². The van der Waals surface area contributed by atoms with E-state index >= 15 is 0 Å². The van der Waals surface area contributed by atoms with Crippen molar-refractivity contribution in [1.82, 2.24) is 10.3 Å². The molecule has 1 aromatic carbocycles. The Balaban J connectivity index is 1.30. The Labute approximate surface area is 164 Å². The van der Waals surface area contributed by atoms with Crippen molar-refractivity contribution in [3.63, 3.8) is 0 Å². The van der Waals surface area contributed by atoms with E-state index in [2.05, 4.69) is 33.5 Å². The van der Waals surface area contributed by atoms with E-state index in [1.54, 1.807) is 0 Å². The third kappa shape index (κ3) is 4.24. The summed E-state index contributed by atoms with van der Waals surface area (Å²) >= 11 is 5.39. The molecular formula is C20H24N4O2S. The van der Waals surface area contributed by atoms with Crippen LogP contribution in [0.2, 0.25) is 0 Å². The number of anilines is 2. The van der Waals surface area contributed by atoms with Crippen molar-refractivity contribution in [1.29, 1.82) is 0 Å². The standard InChI is InChI=1S/C20H24N4O2S/c1-14-4-2-3-9-24(14)19-8-6-16(12-21-19)23-20(27)22-11-15-5-7-17-18(10-15)26-13-25-17/h5-8,10,12,14H,2-4,9,11,13H2,1H3,(H2,22,23,27)/t14-/m1/s1. The molecule has 0 aliphatic carbocycles. The minimum atomic E-state index is 0.283. The number of rotatable bonds is 4. The zero-order valence-corrected chi connectivity index (χ0v) is 16.2. The van der Waals surface area contributed by atoms with Crippen LogP contribution in [0.4, 0.5) is 11.5 Å². The van der Waals surface area contributed by atoms with Gasteiger partial charge in [0, 0.05) is 19.1 Å². The molecule has 1 saturated heterocycles. The van der Waals surface area contributed by atoms with E-state index in [9.17, 15) is 0 Å². The van der Waals surface area contributed by atoms with Gasteiger partial charge in [-0.1, -0.05) is 6.07 Å². The molecule has 1 atom stereocenters. The summed E-state index contributed by atoms with van der Waals surface area (Å²) in [6.07, 6.45) is 5.61. The normalized spacial score (nSPS) is 18.3. The van der Waals surface area contributed by atoms with E-state index in [1.165, 1.54) is 19.3 Å². The highest BCUT2D eigenvalue weighted by atomic mass is 32.1. The molecule has 2 aliphatic heterocycles. The first kappa shape index (κ1) is 17.9. The molecule has 27 heavy (non-hydrogen) atoms. The molecule has 7 heteroatoms. The third-order valence-corrected chi connectivity index (χ3v) is 5.24. The minimum Gasteiger partial charge on any atom is -0.454 e. The predicted molar refractivity (Wildman–Crippen MR) is 111 cm³/mol. The van der Waals surface area contributed by atoms with Gasteiger partial charge in [0.05, 0.1) is 11.9 Å². The molecule has 0 amide bonds. The van der Waals surface area contributed by atoms with Crippen LogP contribution in [-0.4, -0.2) is 29.5 Å². The lowest BCUT2D eigenvalue weighted by molar-refractivity contribution is 0.174. The van der Waals surface area contributed by atoms with Gasteiger partial charge in [-0.2, -0.15) is 0 Å². The number of hydrogen-bond donors (Lipinski definition) is 2. The van der Waals surface area contributed by atoms with Crippen LogP contribution in [0.3, 0.4) is 0 Å². The number of pyridine rings is 1. The van der Waals surface area contributed by atoms with Crippen molar-refractivity contribution >= 4 is 28.8 Å². The molecule has 0 bridgehead atoms. The first-order valence-corrected chi connectivity index (χ1v) is 9.76. The number of nitrogens with zero attached hydrogens (tertiary/aromatic N) is 2. The fraction of sp³-hybridized carbons (Fsp3) is 0.400. The molecule has 0 saturated carbocycles. The number of aromatic nitrogens is 1. The Morgan fingerprint density at radius 1 is 1.22 bits per heavy atom. The maximum absolute atomic E-state index is 5.40.